The van der Waals surface area contributed by atoms with Crippen molar-refractivity contribution in [1.29, 1.82) is 0 Å². The number of aryl methyl sites for hydroxylation is 1. The number of methoxy groups -OCH3 is 2. The molecular weight excluding hydrogens is 476 g/mol. The van der Waals surface area contributed by atoms with E-state index < -0.39 is 5.79 Å². The highest BCUT2D eigenvalue weighted by molar-refractivity contribution is 7.12. The zero-order chi connectivity index (χ0) is 25.7. The Morgan fingerprint density at radius 3 is 2.42 bits per heavy atom. The molecule has 1 aromatic heterocycles. The summed E-state index contributed by atoms with van der Waals surface area (Å²) in [5.74, 6) is -0.690. The van der Waals surface area contributed by atoms with E-state index >= 15 is 0 Å². The minimum absolute atomic E-state index is 0.165. The number of carbonyl (C=O) groups excluding carboxylic acids is 1. The molecular formula is C29H34O6S. The standard InChI is InChI=1S/C29H34O6S/c1-19-6-9-22(16-23(19)18-33-17-21-7-10-24(31-4)11-8-21)27(20(2)28(30)32-5)25-12-13-26(36-25)29(3)34-14-15-35-29/h6-13,16,20,27H,14-15,17-18H2,1-5H3/t20-,27+/m0/s1. The third kappa shape index (κ3) is 5.81. The zero-order valence-corrected chi connectivity index (χ0v) is 22.4. The van der Waals surface area contributed by atoms with Gasteiger partial charge >= 0.3 is 5.97 Å². The monoisotopic (exact) mass is 510 g/mol. The minimum Gasteiger partial charge on any atom is -0.497 e. The highest BCUT2D eigenvalue weighted by Crippen LogP contribution is 2.42. The van der Waals surface area contributed by atoms with E-state index in [1.165, 1.54) is 7.11 Å². The Morgan fingerprint density at radius 2 is 1.75 bits per heavy atom. The predicted octanol–water partition coefficient (Wildman–Crippen LogP) is 5.94. The lowest BCUT2D eigenvalue weighted by molar-refractivity contribution is -0.147. The lowest BCUT2D eigenvalue weighted by Gasteiger charge is -2.24. The number of rotatable bonds is 10. The van der Waals surface area contributed by atoms with Gasteiger partial charge in [0.1, 0.15) is 5.75 Å². The van der Waals surface area contributed by atoms with Crippen LogP contribution in [0.2, 0.25) is 0 Å². The van der Waals surface area contributed by atoms with Crippen molar-refractivity contribution in [1.82, 2.24) is 0 Å². The molecule has 0 unspecified atom stereocenters. The molecule has 3 aromatic rings. The first-order valence-electron chi connectivity index (χ1n) is 12.1. The fourth-order valence-corrected chi connectivity index (χ4v) is 5.78. The summed E-state index contributed by atoms with van der Waals surface area (Å²) in [6.07, 6.45) is 0. The summed E-state index contributed by atoms with van der Waals surface area (Å²) in [4.78, 5) is 14.7. The van der Waals surface area contributed by atoms with Gasteiger partial charge in [-0.25, -0.2) is 0 Å². The third-order valence-corrected chi connectivity index (χ3v) is 8.06. The largest absolute Gasteiger partial charge is 0.497 e. The second kappa shape index (κ2) is 11.6. The normalized spacial score (nSPS) is 16.5. The van der Waals surface area contributed by atoms with Crippen molar-refractivity contribution in [2.24, 2.45) is 5.92 Å². The Hall–Kier alpha value is -2.71. The van der Waals surface area contributed by atoms with Gasteiger partial charge < -0.3 is 23.7 Å². The van der Waals surface area contributed by atoms with Crippen LogP contribution in [0.1, 0.15) is 51.8 Å². The van der Waals surface area contributed by atoms with Gasteiger partial charge in [0.2, 0.25) is 5.79 Å². The first-order valence-corrected chi connectivity index (χ1v) is 12.9. The van der Waals surface area contributed by atoms with E-state index in [0.717, 1.165) is 37.8 Å². The van der Waals surface area contributed by atoms with Crippen molar-refractivity contribution >= 4 is 17.3 Å². The van der Waals surface area contributed by atoms with Crippen molar-refractivity contribution in [3.05, 3.63) is 86.6 Å². The summed E-state index contributed by atoms with van der Waals surface area (Å²) in [6.45, 7) is 8.06. The van der Waals surface area contributed by atoms with E-state index in [4.69, 9.17) is 23.7 Å². The first kappa shape index (κ1) is 26.4. The van der Waals surface area contributed by atoms with Crippen LogP contribution in [0.15, 0.2) is 54.6 Å². The molecule has 192 valence electrons. The van der Waals surface area contributed by atoms with Gasteiger partial charge in [0.25, 0.3) is 0 Å². The number of hydrogen-bond donors (Lipinski definition) is 0. The number of benzene rings is 2. The summed E-state index contributed by atoms with van der Waals surface area (Å²) in [6, 6.07) is 18.3. The summed E-state index contributed by atoms with van der Waals surface area (Å²) in [5.41, 5.74) is 4.37. The van der Waals surface area contributed by atoms with E-state index in [-0.39, 0.29) is 17.8 Å². The molecule has 4 rings (SSSR count). The van der Waals surface area contributed by atoms with Gasteiger partial charge in [0.15, 0.2) is 0 Å². The van der Waals surface area contributed by atoms with Crippen LogP contribution in [0.4, 0.5) is 0 Å². The van der Waals surface area contributed by atoms with Crippen LogP contribution in [0.25, 0.3) is 0 Å². The van der Waals surface area contributed by atoms with E-state index in [0.29, 0.717) is 26.4 Å². The zero-order valence-electron chi connectivity index (χ0n) is 21.5. The third-order valence-electron chi connectivity index (χ3n) is 6.71. The quantitative estimate of drug-likeness (QED) is 0.315. The van der Waals surface area contributed by atoms with Crippen LogP contribution in [-0.2, 0) is 42.7 Å². The number of hydrogen-bond acceptors (Lipinski definition) is 7. The molecule has 36 heavy (non-hydrogen) atoms. The first-order chi connectivity index (χ1) is 17.3. The highest BCUT2D eigenvalue weighted by Gasteiger charge is 2.36. The van der Waals surface area contributed by atoms with Crippen molar-refractivity contribution in [3.63, 3.8) is 0 Å². The number of carbonyl (C=O) groups is 1. The smallest absolute Gasteiger partial charge is 0.309 e. The van der Waals surface area contributed by atoms with E-state index in [9.17, 15) is 4.79 Å². The fraction of sp³-hybridized carbons (Fsp3) is 0.414. The maximum absolute atomic E-state index is 12.7. The van der Waals surface area contributed by atoms with Crippen LogP contribution in [0, 0.1) is 12.8 Å². The van der Waals surface area contributed by atoms with Crippen molar-refractivity contribution < 1.29 is 28.5 Å². The van der Waals surface area contributed by atoms with Crippen LogP contribution in [-0.4, -0.2) is 33.4 Å². The molecule has 0 radical (unpaired) electrons. The molecule has 2 heterocycles. The van der Waals surface area contributed by atoms with Gasteiger partial charge in [-0.2, -0.15) is 0 Å². The lowest BCUT2D eigenvalue weighted by Crippen LogP contribution is -2.22. The molecule has 0 aliphatic carbocycles. The summed E-state index contributed by atoms with van der Waals surface area (Å²) < 4.78 is 28.1. The summed E-state index contributed by atoms with van der Waals surface area (Å²) >= 11 is 1.62. The molecule has 0 amide bonds. The van der Waals surface area contributed by atoms with Gasteiger partial charge in [-0.05, 0) is 60.4 Å². The SMILES string of the molecule is COC(=O)[C@@H](C)[C@H](c1ccc(C)c(COCc2ccc(OC)cc2)c1)c1ccc(C2(C)OCCO2)s1. The molecule has 1 saturated heterocycles. The van der Waals surface area contributed by atoms with E-state index in [1.54, 1.807) is 18.4 Å². The van der Waals surface area contributed by atoms with Crippen LogP contribution in [0.5, 0.6) is 5.75 Å². The molecule has 0 bridgehead atoms. The van der Waals surface area contributed by atoms with E-state index in [2.05, 4.69) is 31.2 Å². The van der Waals surface area contributed by atoms with Crippen LogP contribution in [0.3, 0.4) is 0 Å². The molecule has 0 saturated carbocycles. The molecule has 2 atom stereocenters. The van der Waals surface area contributed by atoms with Gasteiger partial charge in [-0.1, -0.05) is 37.3 Å². The Labute approximate surface area is 217 Å². The van der Waals surface area contributed by atoms with Crippen LogP contribution < -0.4 is 4.74 Å². The Bertz CT molecular complexity index is 1160. The topological polar surface area (TPSA) is 63.2 Å². The molecule has 1 fully saturated rings. The summed E-state index contributed by atoms with van der Waals surface area (Å²) in [7, 11) is 3.09. The average Bonchev–Trinajstić information content (AvgIpc) is 3.56. The van der Waals surface area contributed by atoms with Crippen molar-refractivity contribution in [2.75, 3.05) is 27.4 Å². The van der Waals surface area contributed by atoms with E-state index in [1.807, 2.05) is 44.2 Å². The predicted molar refractivity (Wildman–Crippen MR) is 139 cm³/mol. The van der Waals surface area contributed by atoms with Gasteiger partial charge in [0.05, 0.1) is 51.4 Å². The van der Waals surface area contributed by atoms with Crippen LogP contribution >= 0.6 is 11.3 Å². The molecule has 2 aromatic carbocycles. The van der Waals surface area contributed by atoms with Crippen molar-refractivity contribution in [2.45, 2.75) is 45.7 Å². The highest BCUT2D eigenvalue weighted by atomic mass is 32.1. The van der Waals surface area contributed by atoms with Crippen molar-refractivity contribution in [3.8, 4) is 5.75 Å². The molecule has 7 heteroatoms. The molecule has 0 spiro atoms. The molecule has 0 N–H and O–H groups in total. The second-order valence-corrected chi connectivity index (χ2v) is 10.3. The minimum atomic E-state index is -0.740. The van der Waals surface area contributed by atoms with Gasteiger partial charge in [0, 0.05) is 10.8 Å². The number of ether oxygens (including phenoxy) is 5. The Kier molecular flexibility index (Phi) is 8.46. The molecule has 1 aliphatic heterocycles. The lowest BCUT2D eigenvalue weighted by atomic mass is 9.84. The Balaban J connectivity index is 1.57. The number of thiophene rings is 1. The maximum Gasteiger partial charge on any atom is 0.309 e. The van der Waals surface area contributed by atoms with Gasteiger partial charge in [-0.3, -0.25) is 4.79 Å². The average molecular weight is 511 g/mol. The van der Waals surface area contributed by atoms with Gasteiger partial charge in [-0.15, -0.1) is 11.3 Å². The molecule has 6 nitrogen and oxygen atoms in total. The second-order valence-electron chi connectivity index (χ2n) is 9.16. The molecule has 1 aliphatic rings. The summed E-state index contributed by atoms with van der Waals surface area (Å²) in [5, 5.41) is 0. The maximum atomic E-state index is 12.7. The fourth-order valence-electron chi connectivity index (χ4n) is 4.48. The Morgan fingerprint density at radius 1 is 1.03 bits per heavy atom. The number of esters is 1.